The van der Waals surface area contributed by atoms with Crippen LogP contribution in [0.15, 0.2) is 30.5 Å². The van der Waals surface area contributed by atoms with Gasteiger partial charge in [0.15, 0.2) is 11.5 Å². The van der Waals surface area contributed by atoms with Gasteiger partial charge in [-0.3, -0.25) is 4.98 Å². The fourth-order valence-corrected chi connectivity index (χ4v) is 2.07. The molecule has 0 unspecified atom stereocenters. The number of anilines is 1. The summed E-state index contributed by atoms with van der Waals surface area (Å²) in [6.45, 7) is 2.67. The number of aromatic nitrogens is 1. The van der Waals surface area contributed by atoms with Crippen LogP contribution in [-0.2, 0) is 6.54 Å². The van der Waals surface area contributed by atoms with Crippen molar-refractivity contribution in [3.63, 3.8) is 0 Å². The number of pyridine rings is 1. The molecule has 1 N–H and O–H groups in total. The number of benzene rings is 1. The number of hydrogen-bond donors (Lipinski definition) is 1. The molecule has 0 saturated heterocycles. The van der Waals surface area contributed by atoms with Crippen LogP contribution in [0, 0.1) is 6.92 Å². The molecule has 1 heterocycles. The molecule has 1 aromatic heterocycles. The maximum Gasteiger partial charge on any atom is 0.203 e. The maximum atomic E-state index is 5.33. The van der Waals surface area contributed by atoms with E-state index in [0.717, 1.165) is 16.9 Å². The van der Waals surface area contributed by atoms with Crippen molar-refractivity contribution in [2.24, 2.45) is 0 Å². The molecule has 2 aromatic rings. The van der Waals surface area contributed by atoms with Crippen molar-refractivity contribution in [2.75, 3.05) is 26.6 Å². The molecule has 0 aliphatic carbocycles. The van der Waals surface area contributed by atoms with Gasteiger partial charge in [0.25, 0.3) is 0 Å². The van der Waals surface area contributed by atoms with Crippen LogP contribution < -0.4 is 19.5 Å². The number of ether oxygens (including phenoxy) is 3. The van der Waals surface area contributed by atoms with E-state index in [1.807, 2.05) is 31.2 Å². The molecule has 0 bridgehead atoms. The maximum absolute atomic E-state index is 5.33. The van der Waals surface area contributed by atoms with Gasteiger partial charge in [-0.25, -0.2) is 0 Å². The molecular weight excluding hydrogens is 268 g/mol. The third kappa shape index (κ3) is 3.37. The monoisotopic (exact) mass is 288 g/mol. The molecule has 5 nitrogen and oxygen atoms in total. The summed E-state index contributed by atoms with van der Waals surface area (Å²) in [6, 6.07) is 7.72. The van der Waals surface area contributed by atoms with E-state index in [2.05, 4.69) is 10.3 Å². The number of methoxy groups -OCH3 is 3. The Morgan fingerprint density at radius 3 is 2.24 bits per heavy atom. The normalized spacial score (nSPS) is 10.1. The van der Waals surface area contributed by atoms with Gasteiger partial charge in [-0.2, -0.15) is 0 Å². The van der Waals surface area contributed by atoms with E-state index in [0.29, 0.717) is 23.8 Å². The highest BCUT2D eigenvalue weighted by Gasteiger charge is 2.13. The Kier molecular flexibility index (Phi) is 4.87. The van der Waals surface area contributed by atoms with Crippen molar-refractivity contribution in [1.82, 2.24) is 4.98 Å². The minimum Gasteiger partial charge on any atom is -0.493 e. The van der Waals surface area contributed by atoms with Crippen molar-refractivity contribution in [3.05, 3.63) is 41.7 Å². The van der Waals surface area contributed by atoms with Gasteiger partial charge in [0.1, 0.15) is 0 Å². The van der Waals surface area contributed by atoms with Gasteiger partial charge in [0.2, 0.25) is 5.75 Å². The average molecular weight is 288 g/mol. The number of nitrogens with zero attached hydrogens (tertiary/aromatic N) is 1. The topological polar surface area (TPSA) is 52.6 Å². The first-order chi connectivity index (χ1) is 10.2. The number of rotatable bonds is 6. The summed E-state index contributed by atoms with van der Waals surface area (Å²) in [7, 11) is 4.79. The number of aryl methyl sites for hydroxylation is 1. The first-order valence-electron chi connectivity index (χ1n) is 6.64. The molecule has 0 amide bonds. The van der Waals surface area contributed by atoms with E-state index in [1.165, 1.54) is 0 Å². The predicted molar refractivity (Wildman–Crippen MR) is 82.4 cm³/mol. The van der Waals surface area contributed by atoms with Crippen LogP contribution in [0.4, 0.5) is 5.69 Å². The minimum atomic E-state index is 0.583. The minimum absolute atomic E-state index is 0.583. The molecule has 0 atom stereocenters. The van der Waals surface area contributed by atoms with Crippen molar-refractivity contribution in [2.45, 2.75) is 13.5 Å². The second-order valence-corrected chi connectivity index (χ2v) is 4.53. The molecule has 0 radical (unpaired) electrons. The third-order valence-corrected chi connectivity index (χ3v) is 3.24. The van der Waals surface area contributed by atoms with Crippen LogP contribution in [0.3, 0.4) is 0 Å². The molecule has 1 aromatic carbocycles. The zero-order valence-corrected chi connectivity index (χ0v) is 12.8. The highest BCUT2D eigenvalue weighted by molar-refractivity contribution is 5.62. The van der Waals surface area contributed by atoms with E-state index in [-0.39, 0.29) is 0 Å². The van der Waals surface area contributed by atoms with Crippen LogP contribution in [0.1, 0.15) is 11.3 Å². The van der Waals surface area contributed by atoms with E-state index >= 15 is 0 Å². The quantitative estimate of drug-likeness (QED) is 0.885. The van der Waals surface area contributed by atoms with Gasteiger partial charge in [0.05, 0.1) is 33.6 Å². The Bertz CT molecular complexity index is 589. The van der Waals surface area contributed by atoms with Crippen LogP contribution in [0.25, 0.3) is 0 Å². The van der Waals surface area contributed by atoms with Crippen molar-refractivity contribution in [3.8, 4) is 17.2 Å². The van der Waals surface area contributed by atoms with Gasteiger partial charge >= 0.3 is 0 Å². The van der Waals surface area contributed by atoms with E-state index in [1.54, 1.807) is 27.5 Å². The summed E-state index contributed by atoms with van der Waals surface area (Å²) < 4.78 is 16.0. The Hall–Kier alpha value is -2.43. The summed E-state index contributed by atoms with van der Waals surface area (Å²) in [5, 5.41) is 3.32. The van der Waals surface area contributed by atoms with E-state index in [9.17, 15) is 0 Å². The molecule has 0 spiro atoms. The highest BCUT2D eigenvalue weighted by Crippen LogP contribution is 2.39. The lowest BCUT2D eigenvalue weighted by Crippen LogP contribution is -2.04. The van der Waals surface area contributed by atoms with E-state index < -0.39 is 0 Å². The van der Waals surface area contributed by atoms with Gasteiger partial charge in [-0.05, 0) is 18.6 Å². The molecule has 0 saturated carbocycles. The van der Waals surface area contributed by atoms with Crippen LogP contribution >= 0.6 is 0 Å². The molecular formula is C16H20N2O3. The lowest BCUT2D eigenvalue weighted by atomic mass is 10.2. The molecule has 0 aliphatic heterocycles. The summed E-state index contributed by atoms with van der Waals surface area (Å²) in [5.41, 5.74) is 3.04. The van der Waals surface area contributed by atoms with Gasteiger partial charge < -0.3 is 19.5 Å². The summed E-state index contributed by atoms with van der Waals surface area (Å²) in [6.07, 6.45) is 1.79. The van der Waals surface area contributed by atoms with Gasteiger partial charge in [-0.15, -0.1) is 0 Å². The molecule has 0 fully saturated rings. The third-order valence-electron chi connectivity index (χ3n) is 3.24. The predicted octanol–water partition coefficient (Wildman–Crippen LogP) is 3.03. The smallest absolute Gasteiger partial charge is 0.203 e. The molecule has 5 heteroatoms. The molecule has 112 valence electrons. The van der Waals surface area contributed by atoms with Crippen molar-refractivity contribution < 1.29 is 14.2 Å². The zero-order chi connectivity index (χ0) is 15.2. The van der Waals surface area contributed by atoms with Crippen molar-refractivity contribution >= 4 is 5.69 Å². The summed E-state index contributed by atoms with van der Waals surface area (Å²) >= 11 is 0. The second-order valence-electron chi connectivity index (χ2n) is 4.53. The van der Waals surface area contributed by atoms with Crippen LogP contribution in [0.5, 0.6) is 17.2 Å². The summed E-state index contributed by atoms with van der Waals surface area (Å²) in [4.78, 5) is 4.36. The van der Waals surface area contributed by atoms with Gasteiger partial charge in [-0.1, -0.05) is 6.07 Å². The summed E-state index contributed by atoms with van der Waals surface area (Å²) in [5.74, 6) is 1.83. The second kappa shape index (κ2) is 6.83. The zero-order valence-electron chi connectivity index (χ0n) is 12.8. The van der Waals surface area contributed by atoms with Crippen molar-refractivity contribution in [1.29, 1.82) is 0 Å². The number of nitrogens with one attached hydrogen (secondary N) is 1. The fourth-order valence-electron chi connectivity index (χ4n) is 2.07. The Labute approximate surface area is 124 Å². The van der Waals surface area contributed by atoms with Crippen LogP contribution in [0.2, 0.25) is 0 Å². The van der Waals surface area contributed by atoms with E-state index in [4.69, 9.17) is 14.2 Å². The Morgan fingerprint density at radius 1 is 1.05 bits per heavy atom. The molecule has 2 rings (SSSR count). The molecule has 21 heavy (non-hydrogen) atoms. The Balaban J connectivity index is 2.22. The lowest BCUT2D eigenvalue weighted by molar-refractivity contribution is 0.324. The Morgan fingerprint density at radius 2 is 1.71 bits per heavy atom. The SMILES string of the molecule is COc1cc(NCc2ncccc2C)cc(OC)c1OC. The molecule has 0 aliphatic rings. The standard InChI is InChI=1S/C16H20N2O3/c1-11-6-5-7-17-13(11)10-18-12-8-14(19-2)16(21-4)15(9-12)20-3/h5-9,18H,10H2,1-4H3. The average Bonchev–Trinajstić information content (AvgIpc) is 2.52. The van der Waals surface area contributed by atoms with Crippen LogP contribution in [-0.4, -0.2) is 26.3 Å². The lowest BCUT2D eigenvalue weighted by Gasteiger charge is -2.15. The van der Waals surface area contributed by atoms with Gasteiger partial charge in [0, 0.05) is 24.0 Å². The largest absolute Gasteiger partial charge is 0.493 e. The first kappa shape index (κ1) is 15.0. The number of hydrogen-bond acceptors (Lipinski definition) is 5. The first-order valence-corrected chi connectivity index (χ1v) is 6.64. The fraction of sp³-hybridized carbons (Fsp3) is 0.312. The highest BCUT2D eigenvalue weighted by atomic mass is 16.5.